The number of rotatable bonds is 3. The van der Waals surface area contributed by atoms with Crippen LogP contribution in [0.4, 0.5) is 0 Å². The van der Waals surface area contributed by atoms with E-state index in [1.54, 1.807) is 12.4 Å². The molecule has 0 aliphatic rings. The maximum absolute atomic E-state index is 4.33. The van der Waals surface area contributed by atoms with E-state index in [0.717, 1.165) is 33.6 Å². The molecule has 4 heteroatoms. The van der Waals surface area contributed by atoms with Crippen LogP contribution >= 0.6 is 0 Å². The molecule has 114 valence electrons. The van der Waals surface area contributed by atoms with Crippen molar-refractivity contribution in [3.8, 4) is 33.6 Å². The Kier molecular flexibility index (Phi) is 3.78. The lowest BCUT2D eigenvalue weighted by Gasteiger charge is -2.12. The maximum atomic E-state index is 4.33. The van der Waals surface area contributed by atoms with E-state index < -0.39 is 0 Å². The van der Waals surface area contributed by atoms with E-state index in [1.807, 2.05) is 60.7 Å². The van der Waals surface area contributed by atoms with Crippen molar-refractivity contribution in [3.05, 3.63) is 85.2 Å². The largest absolute Gasteiger partial charge is 0.264 e. The van der Waals surface area contributed by atoms with Gasteiger partial charge in [-0.05, 0) is 22.9 Å². The van der Waals surface area contributed by atoms with Gasteiger partial charge in [0, 0.05) is 29.1 Å². The van der Waals surface area contributed by atoms with Crippen LogP contribution in [0, 0.1) is 0 Å². The van der Waals surface area contributed by atoms with Crippen LogP contribution in [0.3, 0.4) is 0 Å². The second kappa shape index (κ2) is 6.38. The molecule has 0 spiro atoms. The molecule has 2 aromatic heterocycles. The Morgan fingerprint density at radius 1 is 0.542 bits per heavy atom. The van der Waals surface area contributed by atoms with Crippen molar-refractivity contribution in [1.82, 2.24) is 20.4 Å². The van der Waals surface area contributed by atoms with Gasteiger partial charge in [0.15, 0.2) is 0 Å². The van der Waals surface area contributed by atoms with Crippen LogP contribution in [0.1, 0.15) is 0 Å². The molecule has 0 aliphatic heterocycles. The van der Waals surface area contributed by atoms with Crippen LogP contribution in [0.2, 0.25) is 0 Å². The number of aromatic nitrogens is 4. The first-order valence-electron chi connectivity index (χ1n) is 7.68. The first-order chi connectivity index (χ1) is 11.9. The van der Waals surface area contributed by atoms with Gasteiger partial charge >= 0.3 is 0 Å². The highest BCUT2D eigenvalue weighted by molar-refractivity contribution is 5.90. The first-order valence-corrected chi connectivity index (χ1v) is 7.68. The van der Waals surface area contributed by atoms with Gasteiger partial charge in [-0.1, -0.05) is 60.7 Å². The maximum Gasteiger partial charge on any atom is 0.106 e. The third kappa shape index (κ3) is 2.65. The number of hydrogen-bond donors (Lipinski definition) is 0. The number of benzene rings is 2. The topological polar surface area (TPSA) is 51.6 Å². The van der Waals surface area contributed by atoms with Gasteiger partial charge in [0.05, 0.1) is 0 Å². The minimum atomic E-state index is 0.781. The van der Waals surface area contributed by atoms with Gasteiger partial charge in [-0.3, -0.25) is 4.98 Å². The summed E-state index contributed by atoms with van der Waals surface area (Å²) in [7, 11) is 0. The molecule has 4 aromatic rings. The smallest absolute Gasteiger partial charge is 0.106 e. The van der Waals surface area contributed by atoms with Crippen LogP contribution in [-0.2, 0) is 0 Å². The number of nitrogens with zero attached hydrogens (tertiary/aromatic N) is 4. The second-order valence-corrected chi connectivity index (χ2v) is 5.34. The Morgan fingerprint density at radius 2 is 1.12 bits per heavy atom. The molecule has 2 heterocycles. The molecule has 0 saturated carbocycles. The monoisotopic (exact) mass is 310 g/mol. The predicted octanol–water partition coefficient (Wildman–Crippen LogP) is 4.27. The molecule has 0 radical (unpaired) electrons. The summed E-state index contributed by atoms with van der Waals surface area (Å²) in [4.78, 5) is 4.21. The molecule has 0 amide bonds. The van der Waals surface area contributed by atoms with Gasteiger partial charge in [-0.25, -0.2) is 0 Å². The molecule has 24 heavy (non-hydrogen) atoms. The van der Waals surface area contributed by atoms with Gasteiger partial charge in [0.25, 0.3) is 0 Å². The molecule has 0 saturated heterocycles. The average Bonchev–Trinajstić information content (AvgIpc) is 2.69. The second-order valence-electron chi connectivity index (χ2n) is 5.34. The fourth-order valence-electron chi connectivity index (χ4n) is 2.71. The molecular formula is C20H14N4. The predicted molar refractivity (Wildman–Crippen MR) is 93.9 cm³/mol. The Labute approximate surface area is 139 Å². The SMILES string of the molecule is c1ccc(-c2nnnc(-c3cccnc3)c2-c2ccccc2)cc1. The quantitative estimate of drug-likeness (QED) is 0.567. The fraction of sp³-hybridized carbons (Fsp3) is 0. The first kappa shape index (κ1) is 14.2. The minimum absolute atomic E-state index is 0.781. The van der Waals surface area contributed by atoms with Crippen molar-refractivity contribution in [3.63, 3.8) is 0 Å². The third-order valence-corrected chi connectivity index (χ3v) is 3.81. The van der Waals surface area contributed by atoms with E-state index in [-0.39, 0.29) is 0 Å². The summed E-state index contributed by atoms with van der Waals surface area (Å²) in [5, 5.41) is 12.6. The van der Waals surface area contributed by atoms with E-state index in [0.29, 0.717) is 0 Å². The Morgan fingerprint density at radius 3 is 1.75 bits per heavy atom. The minimum Gasteiger partial charge on any atom is -0.264 e. The van der Waals surface area contributed by atoms with Gasteiger partial charge in [0.2, 0.25) is 0 Å². The van der Waals surface area contributed by atoms with Gasteiger partial charge in [-0.2, -0.15) is 0 Å². The van der Waals surface area contributed by atoms with Crippen LogP contribution in [0.15, 0.2) is 85.2 Å². The normalized spacial score (nSPS) is 10.5. The summed E-state index contributed by atoms with van der Waals surface area (Å²) >= 11 is 0. The lowest BCUT2D eigenvalue weighted by atomic mass is 9.95. The molecule has 0 bridgehead atoms. The Hall–Kier alpha value is -3.40. The van der Waals surface area contributed by atoms with Crippen LogP contribution in [-0.4, -0.2) is 20.4 Å². The van der Waals surface area contributed by atoms with Crippen LogP contribution in [0.5, 0.6) is 0 Å². The van der Waals surface area contributed by atoms with E-state index >= 15 is 0 Å². The molecule has 0 aliphatic carbocycles. The molecule has 2 aromatic carbocycles. The Balaban J connectivity index is 2.02. The van der Waals surface area contributed by atoms with E-state index in [1.165, 1.54) is 0 Å². The molecular weight excluding hydrogens is 296 g/mol. The molecule has 0 unspecified atom stereocenters. The summed E-state index contributed by atoms with van der Waals surface area (Å²) in [5.74, 6) is 0. The average molecular weight is 310 g/mol. The molecule has 4 rings (SSSR count). The fourth-order valence-corrected chi connectivity index (χ4v) is 2.71. The summed E-state index contributed by atoms with van der Waals surface area (Å²) in [6.45, 7) is 0. The zero-order chi connectivity index (χ0) is 16.2. The highest BCUT2D eigenvalue weighted by Gasteiger charge is 2.17. The van der Waals surface area contributed by atoms with E-state index in [4.69, 9.17) is 0 Å². The van der Waals surface area contributed by atoms with Gasteiger partial charge < -0.3 is 0 Å². The van der Waals surface area contributed by atoms with Crippen molar-refractivity contribution >= 4 is 0 Å². The van der Waals surface area contributed by atoms with E-state index in [2.05, 4.69) is 32.5 Å². The Bertz CT molecular complexity index is 881. The van der Waals surface area contributed by atoms with Crippen molar-refractivity contribution in [1.29, 1.82) is 0 Å². The zero-order valence-electron chi connectivity index (χ0n) is 12.9. The molecule has 4 nitrogen and oxygen atoms in total. The highest BCUT2D eigenvalue weighted by Crippen LogP contribution is 2.36. The lowest BCUT2D eigenvalue weighted by molar-refractivity contribution is 0.878. The van der Waals surface area contributed by atoms with Crippen molar-refractivity contribution in [2.45, 2.75) is 0 Å². The van der Waals surface area contributed by atoms with Crippen molar-refractivity contribution in [2.24, 2.45) is 0 Å². The standard InChI is InChI=1S/C20H14N4/c1-3-8-15(9-4-1)18-19(16-10-5-2-6-11-16)22-24-23-20(18)17-12-7-13-21-14-17/h1-14H. The summed E-state index contributed by atoms with van der Waals surface area (Å²) in [5.41, 5.74) is 5.54. The van der Waals surface area contributed by atoms with Gasteiger partial charge in [0.1, 0.15) is 11.4 Å². The number of hydrogen-bond acceptors (Lipinski definition) is 4. The zero-order valence-corrected chi connectivity index (χ0v) is 12.9. The van der Waals surface area contributed by atoms with Crippen molar-refractivity contribution in [2.75, 3.05) is 0 Å². The third-order valence-electron chi connectivity index (χ3n) is 3.81. The summed E-state index contributed by atoms with van der Waals surface area (Å²) < 4.78 is 0. The van der Waals surface area contributed by atoms with Crippen LogP contribution in [0.25, 0.3) is 33.6 Å². The van der Waals surface area contributed by atoms with Crippen molar-refractivity contribution < 1.29 is 0 Å². The highest BCUT2D eigenvalue weighted by atomic mass is 15.3. The van der Waals surface area contributed by atoms with Crippen LogP contribution < -0.4 is 0 Å². The summed E-state index contributed by atoms with van der Waals surface area (Å²) in [6.07, 6.45) is 3.55. The lowest BCUT2D eigenvalue weighted by Crippen LogP contribution is -2.00. The number of pyridine rings is 1. The molecule has 0 N–H and O–H groups in total. The summed E-state index contributed by atoms with van der Waals surface area (Å²) in [6, 6.07) is 24.1. The van der Waals surface area contributed by atoms with E-state index in [9.17, 15) is 0 Å². The van der Waals surface area contributed by atoms with Gasteiger partial charge in [-0.15, -0.1) is 10.2 Å². The molecule has 0 fully saturated rings. The molecule has 0 atom stereocenters.